The van der Waals surface area contributed by atoms with Crippen LogP contribution in [0.15, 0.2) is 24.3 Å². The normalized spacial score (nSPS) is 25.4. The summed E-state index contributed by atoms with van der Waals surface area (Å²) in [6, 6.07) is 7.19. The van der Waals surface area contributed by atoms with E-state index in [0.29, 0.717) is 6.61 Å². The van der Waals surface area contributed by atoms with Crippen molar-refractivity contribution in [2.24, 2.45) is 5.92 Å². The molecule has 0 bridgehead atoms. The predicted molar refractivity (Wildman–Crippen MR) is 65.9 cm³/mol. The van der Waals surface area contributed by atoms with Gasteiger partial charge in [0.25, 0.3) is 0 Å². The molecule has 2 rings (SSSR count). The van der Waals surface area contributed by atoms with Gasteiger partial charge in [-0.3, -0.25) is 4.79 Å². The highest BCUT2D eigenvalue weighted by Gasteiger charge is 2.68. The van der Waals surface area contributed by atoms with Crippen molar-refractivity contribution in [2.45, 2.75) is 17.2 Å². The van der Waals surface area contributed by atoms with E-state index in [1.807, 2.05) is 6.92 Å². The van der Waals surface area contributed by atoms with Crippen LogP contribution in [0, 0.1) is 5.92 Å². The summed E-state index contributed by atoms with van der Waals surface area (Å²) in [7, 11) is 0. The molecule has 1 fully saturated rings. The summed E-state index contributed by atoms with van der Waals surface area (Å²) in [5, 5.41) is 8.97. The van der Waals surface area contributed by atoms with E-state index in [-0.39, 0.29) is 5.92 Å². The molecule has 1 aliphatic rings. The molecule has 3 nitrogen and oxygen atoms in total. The fourth-order valence-corrected chi connectivity index (χ4v) is 2.80. The summed E-state index contributed by atoms with van der Waals surface area (Å²) < 4.78 is 4.11. The molecule has 0 aliphatic heterocycles. The molecule has 0 spiro atoms. The molecule has 0 saturated heterocycles. The Hall–Kier alpha value is -0.930. The molecule has 0 amide bonds. The molecule has 1 N–H and O–H groups in total. The second-order valence-electron chi connectivity index (χ2n) is 3.97. The lowest BCUT2D eigenvalue weighted by molar-refractivity contribution is -0.138. The molecule has 1 aromatic rings. The number of aliphatic carboxylic acids is 1. The van der Waals surface area contributed by atoms with Crippen LogP contribution < -0.4 is 4.74 Å². The van der Waals surface area contributed by atoms with Crippen LogP contribution in [-0.2, 0) is 4.79 Å². The first-order chi connectivity index (χ1) is 7.98. The molecular formula is C12H12Cl2O3. The first-order valence-corrected chi connectivity index (χ1v) is 6.07. The van der Waals surface area contributed by atoms with Gasteiger partial charge < -0.3 is 9.84 Å². The molecule has 1 saturated carbocycles. The second-order valence-corrected chi connectivity index (χ2v) is 5.41. The molecule has 0 radical (unpaired) electrons. The Morgan fingerprint density at radius 1 is 1.41 bits per heavy atom. The minimum absolute atomic E-state index is 0.348. The standard InChI is InChI=1S/C12H12Cl2O3/c1-2-17-8-5-3-7(4-6-8)9-10(11(15)16)12(9,13)14/h3-6,9-10H,2H2,1H3,(H,15,16). The monoisotopic (exact) mass is 274 g/mol. The lowest BCUT2D eigenvalue weighted by Crippen LogP contribution is -2.03. The molecule has 1 aliphatic carbocycles. The van der Waals surface area contributed by atoms with Crippen molar-refractivity contribution in [3.05, 3.63) is 29.8 Å². The van der Waals surface area contributed by atoms with E-state index in [9.17, 15) is 4.79 Å². The van der Waals surface area contributed by atoms with Crippen LogP contribution in [0.4, 0.5) is 0 Å². The van der Waals surface area contributed by atoms with Gasteiger partial charge in [0.05, 0.1) is 12.5 Å². The van der Waals surface area contributed by atoms with Gasteiger partial charge in [-0.25, -0.2) is 0 Å². The SMILES string of the molecule is CCOc1ccc(C2C(C(=O)O)C2(Cl)Cl)cc1. The maximum Gasteiger partial charge on any atom is 0.310 e. The van der Waals surface area contributed by atoms with Crippen molar-refractivity contribution in [3.8, 4) is 5.75 Å². The molecule has 0 heterocycles. The van der Waals surface area contributed by atoms with E-state index in [0.717, 1.165) is 11.3 Å². The van der Waals surface area contributed by atoms with Crippen molar-refractivity contribution in [2.75, 3.05) is 6.61 Å². The topological polar surface area (TPSA) is 46.5 Å². The van der Waals surface area contributed by atoms with E-state index in [4.69, 9.17) is 33.0 Å². The Labute approximate surface area is 109 Å². The van der Waals surface area contributed by atoms with E-state index >= 15 is 0 Å². The van der Waals surface area contributed by atoms with Crippen molar-refractivity contribution in [3.63, 3.8) is 0 Å². The molecule has 5 heteroatoms. The minimum atomic E-state index is -1.20. The smallest absolute Gasteiger partial charge is 0.310 e. The predicted octanol–water partition coefficient (Wildman–Crippen LogP) is 3.06. The van der Waals surface area contributed by atoms with Gasteiger partial charge in [0.2, 0.25) is 0 Å². The fourth-order valence-electron chi connectivity index (χ4n) is 1.99. The number of rotatable bonds is 4. The summed E-state index contributed by atoms with van der Waals surface area (Å²) in [5.74, 6) is -1.30. The summed E-state index contributed by atoms with van der Waals surface area (Å²) in [6.45, 7) is 2.49. The quantitative estimate of drug-likeness (QED) is 0.859. The van der Waals surface area contributed by atoms with Gasteiger partial charge in [0.1, 0.15) is 10.1 Å². The van der Waals surface area contributed by atoms with Gasteiger partial charge in [-0.05, 0) is 24.6 Å². The van der Waals surface area contributed by atoms with E-state index in [2.05, 4.69) is 0 Å². The van der Waals surface area contributed by atoms with E-state index < -0.39 is 16.2 Å². The summed E-state index contributed by atoms with van der Waals surface area (Å²) in [5.41, 5.74) is 0.825. The highest BCUT2D eigenvalue weighted by atomic mass is 35.5. The Kier molecular flexibility index (Phi) is 3.23. The molecule has 2 unspecified atom stereocenters. The zero-order valence-corrected chi connectivity index (χ0v) is 10.7. The number of halogens is 2. The number of benzene rings is 1. The van der Waals surface area contributed by atoms with Crippen LogP contribution in [-0.4, -0.2) is 22.0 Å². The molecule has 92 valence electrons. The first kappa shape index (κ1) is 12.5. The van der Waals surface area contributed by atoms with Gasteiger partial charge in [-0.2, -0.15) is 0 Å². The number of alkyl halides is 2. The summed E-state index contributed by atoms with van der Waals surface area (Å²) in [6.07, 6.45) is 0. The summed E-state index contributed by atoms with van der Waals surface area (Å²) >= 11 is 11.9. The number of carbonyl (C=O) groups is 1. The van der Waals surface area contributed by atoms with Crippen molar-refractivity contribution >= 4 is 29.2 Å². The van der Waals surface area contributed by atoms with E-state index in [1.165, 1.54) is 0 Å². The van der Waals surface area contributed by atoms with Gasteiger partial charge in [0.15, 0.2) is 0 Å². The molecule has 2 atom stereocenters. The lowest BCUT2D eigenvalue weighted by Gasteiger charge is -2.04. The fraction of sp³-hybridized carbons (Fsp3) is 0.417. The second kappa shape index (κ2) is 4.39. The maximum atomic E-state index is 10.9. The Balaban J connectivity index is 2.17. The lowest BCUT2D eigenvalue weighted by atomic mass is 10.1. The Morgan fingerprint density at radius 3 is 2.41 bits per heavy atom. The highest BCUT2D eigenvalue weighted by Crippen LogP contribution is 2.65. The van der Waals surface area contributed by atoms with Gasteiger partial charge in [-0.1, -0.05) is 35.3 Å². The molecule has 17 heavy (non-hydrogen) atoms. The summed E-state index contributed by atoms with van der Waals surface area (Å²) in [4.78, 5) is 10.9. The van der Waals surface area contributed by atoms with Gasteiger partial charge in [0, 0.05) is 5.92 Å². The average Bonchev–Trinajstić information content (AvgIpc) is 2.83. The Bertz CT molecular complexity index is 428. The van der Waals surface area contributed by atoms with E-state index in [1.54, 1.807) is 24.3 Å². The molecular weight excluding hydrogens is 263 g/mol. The molecule has 0 aromatic heterocycles. The number of hydrogen-bond acceptors (Lipinski definition) is 2. The molecule has 1 aromatic carbocycles. The van der Waals surface area contributed by atoms with Crippen molar-refractivity contribution in [1.29, 1.82) is 0 Å². The van der Waals surface area contributed by atoms with Crippen molar-refractivity contribution < 1.29 is 14.6 Å². The van der Waals surface area contributed by atoms with Crippen LogP contribution in [0.5, 0.6) is 5.75 Å². The number of ether oxygens (including phenoxy) is 1. The van der Waals surface area contributed by atoms with Crippen LogP contribution in [0.1, 0.15) is 18.4 Å². The van der Waals surface area contributed by atoms with Crippen molar-refractivity contribution in [1.82, 2.24) is 0 Å². The maximum absolute atomic E-state index is 10.9. The zero-order valence-electron chi connectivity index (χ0n) is 9.19. The minimum Gasteiger partial charge on any atom is -0.494 e. The van der Waals surface area contributed by atoms with Crippen LogP contribution in [0.25, 0.3) is 0 Å². The third-order valence-electron chi connectivity index (χ3n) is 2.87. The Morgan fingerprint density at radius 2 is 2.00 bits per heavy atom. The largest absolute Gasteiger partial charge is 0.494 e. The first-order valence-electron chi connectivity index (χ1n) is 5.32. The zero-order chi connectivity index (χ0) is 12.6. The number of carboxylic acid groups (broad SMARTS) is 1. The van der Waals surface area contributed by atoms with Crippen LogP contribution in [0.2, 0.25) is 0 Å². The van der Waals surface area contributed by atoms with Gasteiger partial charge >= 0.3 is 5.97 Å². The third-order valence-corrected chi connectivity index (χ3v) is 3.81. The third kappa shape index (κ3) is 2.22. The number of hydrogen-bond donors (Lipinski definition) is 1. The van der Waals surface area contributed by atoms with Crippen LogP contribution in [0.3, 0.4) is 0 Å². The van der Waals surface area contributed by atoms with Gasteiger partial charge in [-0.15, -0.1) is 0 Å². The highest BCUT2D eigenvalue weighted by molar-refractivity contribution is 6.53. The average molecular weight is 275 g/mol. The number of carboxylic acids is 1. The van der Waals surface area contributed by atoms with Crippen LogP contribution >= 0.6 is 23.2 Å².